The van der Waals surface area contributed by atoms with E-state index in [2.05, 4.69) is 10.9 Å². The number of hydrogen-bond donors (Lipinski definition) is 2. The zero-order valence-corrected chi connectivity index (χ0v) is 18.6. The number of halogens is 1. The van der Waals surface area contributed by atoms with E-state index in [1.165, 1.54) is 19.2 Å². The third-order valence-electron chi connectivity index (χ3n) is 5.26. The predicted octanol–water partition coefficient (Wildman–Crippen LogP) is 3.28. The summed E-state index contributed by atoms with van der Waals surface area (Å²) >= 11 is 5.92. The average Bonchev–Trinajstić information content (AvgIpc) is 2.76. The van der Waals surface area contributed by atoms with E-state index in [1.54, 1.807) is 11.0 Å². The lowest BCUT2D eigenvalue weighted by molar-refractivity contribution is -0.127. The first-order chi connectivity index (χ1) is 14.8. The highest BCUT2D eigenvalue weighted by atomic mass is 35.5. The maximum Gasteiger partial charge on any atom is 0.273 e. The molecule has 1 heterocycles. The van der Waals surface area contributed by atoms with Crippen molar-refractivity contribution in [3.05, 3.63) is 63.7 Å². The Kier molecular flexibility index (Phi) is 7.17. The van der Waals surface area contributed by atoms with Gasteiger partial charge in [0.05, 0.1) is 18.6 Å². The van der Waals surface area contributed by atoms with Crippen LogP contribution in [0.2, 0.25) is 5.02 Å². The molecular weight excluding hydrogens is 418 g/mol. The molecule has 2 aromatic rings. The summed E-state index contributed by atoms with van der Waals surface area (Å²) in [5.74, 6) is -1.03. The van der Waals surface area contributed by atoms with Crippen LogP contribution in [0.5, 0.6) is 5.75 Å². The lowest BCUT2D eigenvalue weighted by Gasteiger charge is -2.32. The van der Waals surface area contributed by atoms with Crippen molar-refractivity contribution in [2.24, 2.45) is 5.92 Å². The van der Waals surface area contributed by atoms with Gasteiger partial charge in [0.25, 0.3) is 11.8 Å². The Balaban J connectivity index is 1.61. The molecule has 7 nitrogen and oxygen atoms in total. The lowest BCUT2D eigenvalue weighted by Crippen LogP contribution is -2.50. The van der Waals surface area contributed by atoms with Gasteiger partial charge in [-0.2, -0.15) is 0 Å². The Bertz CT molecular complexity index is 988. The fourth-order valence-electron chi connectivity index (χ4n) is 3.80. The largest absolute Gasteiger partial charge is 0.496 e. The Morgan fingerprint density at radius 3 is 2.45 bits per heavy atom. The van der Waals surface area contributed by atoms with E-state index in [9.17, 15) is 14.4 Å². The molecule has 1 saturated heterocycles. The predicted molar refractivity (Wildman–Crippen MR) is 118 cm³/mol. The zero-order valence-electron chi connectivity index (χ0n) is 17.8. The summed E-state index contributed by atoms with van der Waals surface area (Å²) in [7, 11) is 1.43. The fraction of sp³-hybridized carbons (Fsp3) is 0.348. The van der Waals surface area contributed by atoms with Gasteiger partial charge in [-0.15, -0.1) is 0 Å². The summed E-state index contributed by atoms with van der Waals surface area (Å²) in [6.45, 7) is 4.81. The second-order valence-electron chi connectivity index (χ2n) is 7.75. The van der Waals surface area contributed by atoms with Crippen molar-refractivity contribution >= 4 is 29.3 Å². The second kappa shape index (κ2) is 9.83. The number of hydrazine groups is 1. The van der Waals surface area contributed by atoms with Crippen molar-refractivity contribution in [1.29, 1.82) is 0 Å². The standard InChI is InChI=1S/C23H26ClN3O4/c1-14-9-15(2)11-17(10-14)23(30)27-8-4-5-16(13-27)21(28)25-26-22(29)19-7-6-18(24)12-20(19)31-3/h6-7,9-12,16H,4-5,8,13H2,1-3H3,(H,25,28)(H,26,29). The molecule has 0 aromatic heterocycles. The Morgan fingerprint density at radius 2 is 1.77 bits per heavy atom. The van der Waals surface area contributed by atoms with Crippen LogP contribution >= 0.6 is 11.6 Å². The number of nitrogens with one attached hydrogen (secondary N) is 2. The number of piperidine rings is 1. The van der Waals surface area contributed by atoms with E-state index in [0.29, 0.717) is 42.3 Å². The van der Waals surface area contributed by atoms with Crippen LogP contribution in [0.15, 0.2) is 36.4 Å². The maximum atomic E-state index is 12.9. The molecule has 1 atom stereocenters. The molecule has 3 amide bonds. The molecule has 164 valence electrons. The highest BCUT2D eigenvalue weighted by molar-refractivity contribution is 6.30. The molecule has 0 radical (unpaired) electrons. The van der Waals surface area contributed by atoms with E-state index < -0.39 is 11.8 Å². The first-order valence-corrected chi connectivity index (χ1v) is 10.5. The second-order valence-corrected chi connectivity index (χ2v) is 8.19. The summed E-state index contributed by atoms with van der Waals surface area (Å²) in [5.41, 5.74) is 7.81. The Morgan fingerprint density at radius 1 is 1.06 bits per heavy atom. The third kappa shape index (κ3) is 5.55. The number of benzene rings is 2. The summed E-state index contributed by atoms with van der Waals surface area (Å²) in [6, 6.07) is 10.3. The minimum atomic E-state index is -0.513. The molecule has 0 aliphatic carbocycles. The molecular formula is C23H26ClN3O4. The molecule has 0 bridgehead atoms. The SMILES string of the molecule is COc1cc(Cl)ccc1C(=O)NNC(=O)C1CCCN(C(=O)c2cc(C)cc(C)c2)C1. The number of amides is 3. The minimum Gasteiger partial charge on any atom is -0.496 e. The normalized spacial score (nSPS) is 15.9. The van der Waals surface area contributed by atoms with Crippen LogP contribution < -0.4 is 15.6 Å². The zero-order chi connectivity index (χ0) is 22.5. The van der Waals surface area contributed by atoms with Gasteiger partial charge in [0, 0.05) is 23.7 Å². The van der Waals surface area contributed by atoms with Gasteiger partial charge in [0.1, 0.15) is 5.75 Å². The maximum absolute atomic E-state index is 12.9. The molecule has 31 heavy (non-hydrogen) atoms. The molecule has 1 unspecified atom stereocenters. The van der Waals surface area contributed by atoms with E-state index in [4.69, 9.17) is 16.3 Å². The van der Waals surface area contributed by atoms with Crippen LogP contribution in [-0.4, -0.2) is 42.8 Å². The third-order valence-corrected chi connectivity index (χ3v) is 5.49. The van der Waals surface area contributed by atoms with Gasteiger partial charge in [0.15, 0.2) is 0 Å². The van der Waals surface area contributed by atoms with Gasteiger partial charge < -0.3 is 9.64 Å². The van der Waals surface area contributed by atoms with Crippen LogP contribution in [-0.2, 0) is 4.79 Å². The van der Waals surface area contributed by atoms with Crippen molar-refractivity contribution < 1.29 is 19.1 Å². The summed E-state index contributed by atoms with van der Waals surface area (Å²) in [4.78, 5) is 39.7. The molecule has 2 N–H and O–H groups in total. The van der Waals surface area contributed by atoms with Crippen LogP contribution in [0.3, 0.4) is 0 Å². The molecule has 0 saturated carbocycles. The van der Waals surface area contributed by atoms with Gasteiger partial charge in [-0.3, -0.25) is 25.2 Å². The highest BCUT2D eigenvalue weighted by Crippen LogP contribution is 2.23. The number of rotatable bonds is 4. The van der Waals surface area contributed by atoms with Crippen LogP contribution in [0.1, 0.15) is 44.7 Å². The van der Waals surface area contributed by atoms with Crippen LogP contribution in [0, 0.1) is 19.8 Å². The molecule has 1 aliphatic heterocycles. The van der Waals surface area contributed by atoms with E-state index in [0.717, 1.165) is 11.1 Å². The van der Waals surface area contributed by atoms with E-state index in [1.807, 2.05) is 32.0 Å². The van der Waals surface area contributed by atoms with Crippen molar-refractivity contribution in [2.45, 2.75) is 26.7 Å². The Hall–Kier alpha value is -3.06. The number of carbonyl (C=O) groups excluding carboxylic acids is 3. The first kappa shape index (κ1) is 22.6. The number of nitrogens with zero attached hydrogens (tertiary/aromatic N) is 1. The number of carbonyl (C=O) groups is 3. The topological polar surface area (TPSA) is 87.7 Å². The highest BCUT2D eigenvalue weighted by Gasteiger charge is 2.29. The fourth-order valence-corrected chi connectivity index (χ4v) is 3.96. The van der Waals surface area contributed by atoms with Crippen molar-refractivity contribution in [1.82, 2.24) is 15.8 Å². The summed E-state index contributed by atoms with van der Waals surface area (Å²) in [5, 5.41) is 0.438. The van der Waals surface area contributed by atoms with Gasteiger partial charge in [-0.25, -0.2) is 0 Å². The van der Waals surface area contributed by atoms with Crippen LogP contribution in [0.25, 0.3) is 0 Å². The van der Waals surface area contributed by atoms with Gasteiger partial charge >= 0.3 is 0 Å². The summed E-state index contributed by atoms with van der Waals surface area (Å²) < 4.78 is 5.17. The smallest absolute Gasteiger partial charge is 0.273 e. The lowest BCUT2D eigenvalue weighted by atomic mass is 9.96. The van der Waals surface area contributed by atoms with Crippen molar-refractivity contribution in [3.8, 4) is 5.75 Å². The number of methoxy groups -OCH3 is 1. The molecule has 2 aromatic carbocycles. The first-order valence-electron chi connectivity index (χ1n) is 10.1. The molecule has 1 aliphatic rings. The quantitative estimate of drug-likeness (QED) is 0.710. The minimum absolute atomic E-state index is 0.0840. The van der Waals surface area contributed by atoms with Crippen molar-refractivity contribution in [3.63, 3.8) is 0 Å². The van der Waals surface area contributed by atoms with Gasteiger partial charge in [-0.1, -0.05) is 28.8 Å². The molecule has 3 rings (SSSR count). The van der Waals surface area contributed by atoms with Crippen molar-refractivity contribution in [2.75, 3.05) is 20.2 Å². The molecule has 8 heteroatoms. The van der Waals surface area contributed by atoms with Gasteiger partial charge in [0.2, 0.25) is 5.91 Å². The molecule has 0 spiro atoms. The van der Waals surface area contributed by atoms with E-state index in [-0.39, 0.29) is 17.4 Å². The number of likely N-dealkylation sites (tertiary alicyclic amines) is 1. The van der Waals surface area contributed by atoms with Gasteiger partial charge in [-0.05, 0) is 57.0 Å². The number of aryl methyl sites for hydroxylation is 2. The molecule has 1 fully saturated rings. The Labute approximate surface area is 186 Å². The average molecular weight is 444 g/mol. The number of ether oxygens (including phenoxy) is 1. The van der Waals surface area contributed by atoms with Crippen LogP contribution in [0.4, 0.5) is 0 Å². The summed E-state index contributed by atoms with van der Waals surface area (Å²) in [6.07, 6.45) is 1.36. The van der Waals surface area contributed by atoms with E-state index >= 15 is 0 Å². The monoisotopic (exact) mass is 443 g/mol. The number of hydrogen-bond acceptors (Lipinski definition) is 4.